The summed E-state index contributed by atoms with van der Waals surface area (Å²) >= 11 is 0. The molecule has 17 heavy (non-hydrogen) atoms. The van der Waals surface area contributed by atoms with E-state index in [4.69, 9.17) is 10.00 Å². The zero-order valence-electron chi connectivity index (χ0n) is 9.25. The van der Waals surface area contributed by atoms with Gasteiger partial charge in [0.25, 0.3) is 0 Å². The van der Waals surface area contributed by atoms with Crippen molar-refractivity contribution in [2.45, 2.75) is 6.04 Å². The molecule has 0 aromatic heterocycles. The Morgan fingerprint density at radius 3 is 2.71 bits per heavy atom. The van der Waals surface area contributed by atoms with E-state index in [1.807, 2.05) is 0 Å². The van der Waals surface area contributed by atoms with Gasteiger partial charge in [-0.15, -0.1) is 0 Å². The third-order valence-corrected chi connectivity index (χ3v) is 2.43. The van der Waals surface area contributed by atoms with Crippen LogP contribution >= 0.6 is 0 Å². The highest BCUT2D eigenvalue weighted by atomic mass is 16.5. The highest BCUT2D eigenvalue weighted by molar-refractivity contribution is 5.75. The van der Waals surface area contributed by atoms with Crippen LogP contribution < -0.4 is 10.4 Å². The van der Waals surface area contributed by atoms with Gasteiger partial charge in [-0.25, -0.2) is 10.4 Å². The Morgan fingerprint density at radius 1 is 1.47 bits per heavy atom. The lowest BCUT2D eigenvalue weighted by atomic mass is 10.2. The fraction of sp³-hybridized carbons (Fsp3) is 0.167. The van der Waals surface area contributed by atoms with Crippen molar-refractivity contribution in [3.63, 3.8) is 0 Å². The minimum Gasteiger partial charge on any atom is -0.481 e. The van der Waals surface area contributed by atoms with Crippen LogP contribution in [0.4, 0.5) is 5.69 Å². The topological polar surface area (TPSA) is 65.4 Å². The number of nitrogens with zero attached hydrogens (tertiary/aromatic N) is 2. The smallest absolute Gasteiger partial charge is 0.207 e. The molecule has 1 aromatic carbocycles. The molecule has 1 unspecified atom stereocenters. The molecule has 5 nitrogen and oxygen atoms in total. The van der Waals surface area contributed by atoms with Crippen LogP contribution in [0.2, 0.25) is 0 Å². The Morgan fingerprint density at radius 2 is 2.18 bits per heavy atom. The van der Waals surface area contributed by atoms with Gasteiger partial charge >= 0.3 is 0 Å². The van der Waals surface area contributed by atoms with Gasteiger partial charge in [-0.1, -0.05) is 0 Å². The van der Waals surface area contributed by atoms with Crippen molar-refractivity contribution in [3.05, 3.63) is 41.8 Å². The first-order valence-electron chi connectivity index (χ1n) is 5.05. The van der Waals surface area contributed by atoms with Crippen LogP contribution in [0.15, 0.2) is 36.2 Å². The maximum Gasteiger partial charge on any atom is 0.207 e. The van der Waals surface area contributed by atoms with Crippen LogP contribution in [0.3, 0.4) is 0 Å². The standard InChI is InChI=1S/C12H11N3O2/c1-17-12-6-10(7-13)14-15(12)11-4-2-9(8-16)3-5-11/h2-6,8,10,14H,1H3. The molecule has 1 aliphatic heterocycles. The minimum atomic E-state index is -0.407. The Labute approximate surface area is 98.9 Å². The summed E-state index contributed by atoms with van der Waals surface area (Å²) in [6.07, 6.45) is 2.47. The number of rotatable bonds is 3. The maximum atomic E-state index is 10.5. The summed E-state index contributed by atoms with van der Waals surface area (Å²) in [5, 5.41) is 10.5. The fourth-order valence-electron chi connectivity index (χ4n) is 1.59. The molecule has 1 N–H and O–H groups in total. The zero-order chi connectivity index (χ0) is 12.3. The van der Waals surface area contributed by atoms with Crippen molar-refractivity contribution >= 4 is 12.0 Å². The molecular formula is C12H11N3O2. The number of hydrogen-bond acceptors (Lipinski definition) is 5. The molecule has 0 spiro atoms. The number of nitriles is 1. The largest absolute Gasteiger partial charge is 0.481 e. The molecule has 0 fully saturated rings. The lowest BCUT2D eigenvalue weighted by Crippen LogP contribution is -2.36. The van der Waals surface area contributed by atoms with E-state index in [9.17, 15) is 4.79 Å². The zero-order valence-corrected chi connectivity index (χ0v) is 9.25. The Kier molecular flexibility index (Phi) is 3.08. The molecular weight excluding hydrogens is 218 g/mol. The summed E-state index contributed by atoms with van der Waals surface area (Å²) in [5.41, 5.74) is 4.37. The van der Waals surface area contributed by atoms with E-state index >= 15 is 0 Å². The van der Waals surface area contributed by atoms with Crippen molar-refractivity contribution < 1.29 is 9.53 Å². The molecule has 0 saturated heterocycles. The Bertz CT molecular complexity index is 487. The number of anilines is 1. The molecule has 0 aliphatic carbocycles. The molecule has 0 bridgehead atoms. The van der Waals surface area contributed by atoms with E-state index in [0.29, 0.717) is 11.4 Å². The molecule has 5 heteroatoms. The van der Waals surface area contributed by atoms with Gasteiger partial charge < -0.3 is 4.74 Å². The van der Waals surface area contributed by atoms with E-state index in [1.165, 1.54) is 0 Å². The summed E-state index contributed by atoms with van der Waals surface area (Å²) in [4.78, 5) is 10.5. The van der Waals surface area contributed by atoms with Gasteiger partial charge in [-0.2, -0.15) is 5.26 Å². The van der Waals surface area contributed by atoms with Crippen molar-refractivity contribution in [1.82, 2.24) is 5.43 Å². The molecule has 1 aliphatic rings. The molecule has 0 amide bonds. The van der Waals surface area contributed by atoms with Gasteiger partial charge in [0.2, 0.25) is 5.88 Å². The van der Waals surface area contributed by atoms with E-state index in [0.717, 1.165) is 12.0 Å². The van der Waals surface area contributed by atoms with E-state index in [-0.39, 0.29) is 0 Å². The summed E-state index contributed by atoms with van der Waals surface area (Å²) < 4.78 is 5.17. The first kappa shape index (κ1) is 11.2. The van der Waals surface area contributed by atoms with Crippen molar-refractivity contribution in [2.24, 2.45) is 0 Å². The average molecular weight is 229 g/mol. The molecule has 1 heterocycles. The number of aldehydes is 1. The van der Waals surface area contributed by atoms with Crippen LogP contribution in [0, 0.1) is 11.3 Å². The predicted octanol–water partition coefficient (Wildman–Crippen LogP) is 1.20. The first-order chi connectivity index (χ1) is 8.28. The number of ether oxygens (including phenoxy) is 1. The Balaban J connectivity index is 2.25. The second-order valence-corrected chi connectivity index (χ2v) is 3.49. The van der Waals surface area contributed by atoms with Gasteiger partial charge in [0, 0.05) is 11.6 Å². The van der Waals surface area contributed by atoms with E-state index in [2.05, 4.69) is 11.5 Å². The lowest BCUT2D eigenvalue weighted by molar-refractivity contribution is 0.112. The van der Waals surface area contributed by atoms with Gasteiger partial charge in [0.05, 0.1) is 18.9 Å². The Hall–Kier alpha value is -2.32. The average Bonchev–Trinajstić information content (AvgIpc) is 2.82. The first-order valence-corrected chi connectivity index (χ1v) is 5.05. The van der Waals surface area contributed by atoms with Gasteiger partial charge in [0.1, 0.15) is 12.3 Å². The second-order valence-electron chi connectivity index (χ2n) is 3.49. The minimum absolute atomic E-state index is 0.407. The number of methoxy groups -OCH3 is 1. The maximum absolute atomic E-state index is 10.5. The van der Waals surface area contributed by atoms with Gasteiger partial charge in [0.15, 0.2) is 0 Å². The number of nitrogens with one attached hydrogen (secondary N) is 1. The predicted molar refractivity (Wildman–Crippen MR) is 61.9 cm³/mol. The van der Waals surface area contributed by atoms with Crippen LogP contribution in [0.25, 0.3) is 0 Å². The van der Waals surface area contributed by atoms with Crippen LogP contribution in [0.5, 0.6) is 0 Å². The van der Waals surface area contributed by atoms with Crippen LogP contribution in [-0.4, -0.2) is 19.4 Å². The third kappa shape index (κ3) is 2.12. The number of carbonyl (C=O) groups is 1. The van der Waals surface area contributed by atoms with Crippen molar-refractivity contribution in [1.29, 1.82) is 5.26 Å². The van der Waals surface area contributed by atoms with Crippen molar-refractivity contribution in [2.75, 3.05) is 12.1 Å². The number of carbonyl (C=O) groups excluding carboxylic acids is 1. The normalized spacial score (nSPS) is 18.5. The molecule has 0 radical (unpaired) electrons. The third-order valence-electron chi connectivity index (χ3n) is 2.43. The van der Waals surface area contributed by atoms with Gasteiger partial charge in [-0.05, 0) is 24.3 Å². The molecule has 2 rings (SSSR count). The highest BCUT2D eigenvalue weighted by Crippen LogP contribution is 2.22. The number of hydrazine groups is 1. The summed E-state index contributed by atoms with van der Waals surface area (Å²) in [7, 11) is 1.54. The second kappa shape index (κ2) is 4.68. The van der Waals surface area contributed by atoms with Crippen LogP contribution in [-0.2, 0) is 4.74 Å². The summed E-state index contributed by atoms with van der Waals surface area (Å²) in [5.74, 6) is 0.565. The number of benzene rings is 1. The van der Waals surface area contributed by atoms with Crippen LogP contribution in [0.1, 0.15) is 10.4 Å². The molecule has 1 aromatic rings. The molecule has 86 valence electrons. The summed E-state index contributed by atoms with van der Waals surface area (Å²) in [6, 6.07) is 8.65. The fourth-order valence-corrected chi connectivity index (χ4v) is 1.59. The van der Waals surface area contributed by atoms with E-state index in [1.54, 1.807) is 42.5 Å². The summed E-state index contributed by atoms with van der Waals surface area (Å²) in [6.45, 7) is 0. The highest BCUT2D eigenvalue weighted by Gasteiger charge is 2.24. The quantitative estimate of drug-likeness (QED) is 0.789. The monoisotopic (exact) mass is 229 g/mol. The van der Waals surface area contributed by atoms with Crippen molar-refractivity contribution in [3.8, 4) is 6.07 Å². The van der Waals surface area contributed by atoms with Gasteiger partial charge in [-0.3, -0.25) is 4.79 Å². The molecule has 0 saturated carbocycles. The molecule has 1 atom stereocenters. The lowest BCUT2D eigenvalue weighted by Gasteiger charge is -2.21. The SMILES string of the molecule is COC1=CC(C#N)NN1c1ccc(C=O)cc1. The number of hydrogen-bond donors (Lipinski definition) is 1. The van der Waals surface area contributed by atoms with E-state index < -0.39 is 6.04 Å².